The number of hydrogen-bond donors (Lipinski definition) is 2. The molecule has 10 nitrogen and oxygen atoms in total. The van der Waals surface area contributed by atoms with Crippen molar-refractivity contribution in [3.63, 3.8) is 0 Å². The van der Waals surface area contributed by atoms with Gasteiger partial charge >= 0.3 is 5.97 Å². The molecule has 2 heterocycles. The van der Waals surface area contributed by atoms with Crippen molar-refractivity contribution in [3.8, 4) is 0 Å². The molecule has 1 unspecified atom stereocenters. The lowest BCUT2D eigenvalue weighted by molar-refractivity contribution is -0.136. The summed E-state index contributed by atoms with van der Waals surface area (Å²) >= 11 is 7.53. The van der Waals surface area contributed by atoms with Gasteiger partial charge in [-0.1, -0.05) is 17.7 Å². The Morgan fingerprint density at radius 2 is 1.98 bits per heavy atom. The maximum Gasteiger partial charge on any atom is 0.338 e. The van der Waals surface area contributed by atoms with Crippen molar-refractivity contribution < 1.29 is 36.6 Å². The SMILES string of the molecule is COC[C@@H](O)CN(C1CCC(C2=C(C(=O)OC)C(c3ccc(F)c(F)c3Cl)N=C(c3nccs3)N2)CC1)S(C)(=O)=O. The largest absolute Gasteiger partial charge is 0.466 e. The highest BCUT2D eigenvalue weighted by Gasteiger charge is 2.40. The molecule has 41 heavy (non-hydrogen) atoms. The number of aliphatic hydroxyl groups is 1. The van der Waals surface area contributed by atoms with Crippen LogP contribution >= 0.6 is 22.9 Å². The van der Waals surface area contributed by atoms with Crippen LogP contribution in [0, 0.1) is 17.6 Å². The second-order valence-electron chi connectivity index (χ2n) is 9.87. The van der Waals surface area contributed by atoms with E-state index in [1.807, 2.05) is 0 Å². The number of amidine groups is 1. The normalized spacial score (nSPS) is 22.3. The summed E-state index contributed by atoms with van der Waals surface area (Å²) < 4.78 is 65.0. The zero-order chi connectivity index (χ0) is 29.9. The quantitative estimate of drug-likeness (QED) is 0.301. The van der Waals surface area contributed by atoms with Crippen molar-refractivity contribution >= 4 is 44.8 Å². The third-order valence-electron chi connectivity index (χ3n) is 7.16. The van der Waals surface area contributed by atoms with Gasteiger partial charge in [-0.2, -0.15) is 4.31 Å². The summed E-state index contributed by atoms with van der Waals surface area (Å²) in [5.41, 5.74) is 0.661. The molecule has 1 aliphatic heterocycles. The molecule has 4 rings (SSSR count). The molecule has 0 amide bonds. The van der Waals surface area contributed by atoms with E-state index in [0.29, 0.717) is 42.2 Å². The molecule has 1 aromatic carbocycles. The number of sulfonamides is 1. The second-order valence-corrected chi connectivity index (χ2v) is 13.1. The first-order chi connectivity index (χ1) is 19.5. The second kappa shape index (κ2) is 13.2. The predicted octanol–water partition coefficient (Wildman–Crippen LogP) is 3.42. The summed E-state index contributed by atoms with van der Waals surface area (Å²) in [6, 6.07) is 0.720. The maximum absolute atomic E-state index is 14.5. The molecule has 2 N–H and O–H groups in total. The first kappa shape index (κ1) is 31.4. The number of ether oxygens (including phenoxy) is 2. The molecule has 2 aliphatic rings. The highest BCUT2D eigenvalue weighted by Crippen LogP contribution is 2.42. The van der Waals surface area contributed by atoms with E-state index in [4.69, 9.17) is 21.1 Å². The standard InChI is InChI=1S/C26H31ClF2N4O6S2/c1-38-13-16(34)12-33(41(3,36)37)15-6-4-14(5-7-15)22-19(26(35)39-2)23(17-8-9-18(28)21(29)20(17)27)32-24(31-22)25-30-10-11-40-25/h8-11,14-16,23,34H,4-7,12-13H2,1-3H3,(H,31,32)/t14?,15?,16-,23?/m0/s1. The average Bonchev–Trinajstić information content (AvgIpc) is 3.49. The highest BCUT2D eigenvalue weighted by atomic mass is 35.5. The topological polar surface area (TPSA) is 130 Å². The van der Waals surface area contributed by atoms with E-state index in [1.165, 1.54) is 35.9 Å². The number of aromatic nitrogens is 1. The number of methoxy groups -OCH3 is 2. The molecule has 1 saturated carbocycles. The number of halogens is 3. The zero-order valence-corrected chi connectivity index (χ0v) is 25.0. The Hall–Kier alpha value is -2.49. The van der Waals surface area contributed by atoms with E-state index < -0.39 is 44.8 Å². The van der Waals surface area contributed by atoms with Crippen molar-refractivity contribution in [2.45, 2.75) is 43.9 Å². The summed E-state index contributed by atoms with van der Waals surface area (Å²) in [5, 5.41) is 15.2. The molecule has 1 aromatic heterocycles. The van der Waals surface area contributed by atoms with Crippen LogP contribution in [0.3, 0.4) is 0 Å². The fourth-order valence-electron chi connectivity index (χ4n) is 5.31. The van der Waals surface area contributed by atoms with E-state index in [0.717, 1.165) is 12.3 Å². The summed E-state index contributed by atoms with van der Waals surface area (Å²) in [6.45, 7) is -0.110. The van der Waals surface area contributed by atoms with Gasteiger partial charge in [0.15, 0.2) is 22.5 Å². The smallest absolute Gasteiger partial charge is 0.338 e. The molecule has 224 valence electrons. The van der Waals surface area contributed by atoms with E-state index in [2.05, 4.69) is 15.3 Å². The van der Waals surface area contributed by atoms with Crippen molar-refractivity contribution in [2.75, 3.05) is 33.6 Å². The lowest BCUT2D eigenvalue weighted by atomic mass is 9.80. The Kier molecular flexibility index (Phi) is 10.1. The molecule has 0 spiro atoms. The number of hydrogen-bond acceptors (Lipinski definition) is 10. The van der Waals surface area contributed by atoms with Gasteiger partial charge in [0.05, 0.1) is 36.7 Å². The van der Waals surface area contributed by atoms with Crippen molar-refractivity contribution in [3.05, 3.63) is 62.2 Å². The Morgan fingerprint density at radius 1 is 1.27 bits per heavy atom. The fourth-order valence-corrected chi connectivity index (χ4v) is 7.35. The number of carbonyl (C=O) groups excluding carboxylic acids is 1. The fraction of sp³-hybridized carbons (Fsp3) is 0.500. The number of benzene rings is 1. The average molecular weight is 633 g/mol. The summed E-state index contributed by atoms with van der Waals surface area (Å²) in [4.78, 5) is 22.2. The van der Waals surface area contributed by atoms with Crippen LogP contribution in [0.5, 0.6) is 0 Å². The van der Waals surface area contributed by atoms with Crippen LogP contribution in [-0.2, 0) is 24.3 Å². The summed E-state index contributed by atoms with van der Waals surface area (Å²) in [5.74, 6) is -3.04. The first-order valence-electron chi connectivity index (χ1n) is 12.8. The maximum atomic E-state index is 14.5. The molecule has 15 heteroatoms. The molecule has 0 radical (unpaired) electrons. The van der Waals surface area contributed by atoms with Gasteiger partial charge in [-0.05, 0) is 37.7 Å². The van der Waals surface area contributed by atoms with Crippen LogP contribution in [-0.4, -0.2) is 80.4 Å². The zero-order valence-electron chi connectivity index (χ0n) is 22.6. The summed E-state index contributed by atoms with van der Waals surface area (Å²) in [7, 11) is -1.000. The Labute approximate surface area is 246 Å². The van der Waals surface area contributed by atoms with Gasteiger partial charge in [-0.15, -0.1) is 11.3 Å². The van der Waals surface area contributed by atoms with E-state index in [9.17, 15) is 27.1 Å². The summed E-state index contributed by atoms with van der Waals surface area (Å²) in [6.07, 6.45) is 3.54. The van der Waals surface area contributed by atoms with Gasteiger partial charge in [-0.25, -0.2) is 27.0 Å². The number of carbonyl (C=O) groups is 1. The minimum Gasteiger partial charge on any atom is -0.466 e. The number of esters is 1. The number of thiazole rings is 1. The Bertz CT molecular complexity index is 1430. The monoisotopic (exact) mass is 632 g/mol. The molecule has 1 aliphatic carbocycles. The van der Waals surface area contributed by atoms with E-state index in [-0.39, 0.29) is 36.2 Å². The van der Waals surface area contributed by atoms with E-state index >= 15 is 0 Å². The highest BCUT2D eigenvalue weighted by molar-refractivity contribution is 7.88. The van der Waals surface area contributed by atoms with Crippen LogP contribution in [0.25, 0.3) is 0 Å². The van der Waals surface area contributed by atoms with E-state index in [1.54, 1.807) is 11.6 Å². The van der Waals surface area contributed by atoms with Crippen LogP contribution in [0.2, 0.25) is 5.02 Å². The molecule has 0 saturated heterocycles. The molecule has 0 bridgehead atoms. The molecule has 2 aromatic rings. The number of aliphatic hydroxyl groups excluding tert-OH is 1. The Morgan fingerprint density at radius 3 is 2.56 bits per heavy atom. The number of allylic oxidation sites excluding steroid dienone is 1. The van der Waals surface area contributed by atoms with Gasteiger partial charge in [0.25, 0.3) is 0 Å². The van der Waals surface area contributed by atoms with Crippen molar-refractivity contribution in [1.29, 1.82) is 0 Å². The number of nitrogens with one attached hydrogen (secondary N) is 1. The molecular weight excluding hydrogens is 602 g/mol. The van der Waals surface area contributed by atoms with Crippen LogP contribution in [0.1, 0.15) is 42.3 Å². The number of rotatable bonds is 10. The molecule has 2 atom stereocenters. The van der Waals surface area contributed by atoms with Crippen molar-refractivity contribution in [1.82, 2.24) is 14.6 Å². The number of nitrogens with zero attached hydrogens (tertiary/aromatic N) is 3. The van der Waals surface area contributed by atoms with Gasteiger partial charge in [-0.3, -0.25) is 4.99 Å². The molecular formula is C26H31ClF2N4O6S2. The van der Waals surface area contributed by atoms with Crippen LogP contribution in [0.15, 0.2) is 40.0 Å². The third kappa shape index (κ3) is 6.95. The third-order valence-corrected chi connectivity index (χ3v) is 9.63. The van der Waals surface area contributed by atoms with Crippen molar-refractivity contribution in [2.24, 2.45) is 10.9 Å². The van der Waals surface area contributed by atoms with Crippen LogP contribution < -0.4 is 5.32 Å². The first-order valence-corrected chi connectivity index (χ1v) is 15.9. The minimum absolute atomic E-state index is 0.00649. The lowest BCUT2D eigenvalue weighted by Gasteiger charge is -2.38. The van der Waals surface area contributed by atoms with Gasteiger partial charge < -0.3 is 19.9 Å². The lowest BCUT2D eigenvalue weighted by Crippen LogP contribution is -2.47. The van der Waals surface area contributed by atoms with Crippen LogP contribution in [0.4, 0.5) is 8.78 Å². The Balaban J connectivity index is 1.72. The number of aliphatic imine (C=N–C) groups is 1. The van der Waals surface area contributed by atoms with Gasteiger partial charge in [0, 0.05) is 42.5 Å². The van der Waals surface area contributed by atoms with Gasteiger partial charge in [0.1, 0.15) is 6.04 Å². The van der Waals surface area contributed by atoms with Gasteiger partial charge in [0.2, 0.25) is 10.0 Å². The molecule has 1 fully saturated rings. The minimum atomic E-state index is -3.63. The predicted molar refractivity (Wildman–Crippen MR) is 150 cm³/mol.